The van der Waals surface area contributed by atoms with Crippen molar-refractivity contribution in [2.75, 3.05) is 0 Å². The van der Waals surface area contributed by atoms with Crippen molar-refractivity contribution in [2.24, 2.45) is 0 Å². The van der Waals surface area contributed by atoms with E-state index in [0.717, 1.165) is 32.0 Å². The molecule has 3 heterocycles. The summed E-state index contributed by atoms with van der Waals surface area (Å²) < 4.78 is 9.81. The van der Waals surface area contributed by atoms with Gasteiger partial charge in [0, 0.05) is 36.8 Å². The van der Waals surface area contributed by atoms with E-state index in [1.165, 1.54) is 54.4 Å². The van der Waals surface area contributed by atoms with Crippen molar-refractivity contribution in [3.05, 3.63) is 114 Å². The summed E-state index contributed by atoms with van der Waals surface area (Å²) in [5, 5.41) is 10.0. The van der Waals surface area contributed by atoms with Gasteiger partial charge in [0.15, 0.2) is 0 Å². The monoisotopic (exact) mass is 535 g/mol. The Morgan fingerprint density at radius 2 is 1.38 bits per heavy atom. The molecule has 0 bridgehead atoms. The third-order valence-electron chi connectivity index (χ3n) is 7.97. The lowest BCUT2D eigenvalue weighted by Crippen LogP contribution is -1.91. The fourth-order valence-electron chi connectivity index (χ4n) is 6.45. The number of furan rings is 1. The Kier molecular flexibility index (Phi) is 3.69. The highest BCUT2D eigenvalue weighted by Gasteiger charge is 2.20. The van der Waals surface area contributed by atoms with E-state index in [1.807, 2.05) is 12.1 Å². The highest BCUT2D eigenvalue weighted by Crippen LogP contribution is 2.44. The molecule has 9 rings (SSSR count). The van der Waals surface area contributed by atoms with Gasteiger partial charge in [-0.3, -0.25) is 0 Å². The van der Waals surface area contributed by atoms with Crippen LogP contribution in [0.1, 0.15) is 0 Å². The minimum atomic E-state index is 0.909. The molecule has 2 nitrogen and oxygen atoms in total. The van der Waals surface area contributed by atoms with Crippen molar-refractivity contribution in [2.45, 2.75) is 0 Å². The second kappa shape index (κ2) is 6.90. The van der Waals surface area contributed by atoms with Gasteiger partial charge in [0.05, 0.1) is 16.6 Å². The molecule has 3 heteroatoms. The largest absolute Gasteiger partial charge is 0.456 e. The molecule has 6 aromatic carbocycles. The van der Waals surface area contributed by atoms with Gasteiger partial charge in [-0.1, -0.05) is 82.7 Å². The molecule has 0 aliphatic carbocycles. The molecule has 0 fully saturated rings. The molecule has 0 unspecified atom stereocenters. The van der Waals surface area contributed by atoms with Crippen molar-refractivity contribution in [1.29, 1.82) is 0 Å². The molecule has 0 radical (unpaired) electrons. The predicted molar refractivity (Wildman–Crippen MR) is 159 cm³/mol. The smallest absolute Gasteiger partial charge is 0.136 e. The van der Waals surface area contributed by atoms with Gasteiger partial charge in [-0.05, 0) is 64.4 Å². The average Bonchev–Trinajstić information content (AvgIpc) is 3.48. The molecule has 0 spiro atoms. The Hall–Kier alpha value is -4.34. The first-order valence-electron chi connectivity index (χ1n) is 12.5. The fraction of sp³-hybridized carbons (Fsp3) is 0. The Balaban J connectivity index is 1.45. The van der Waals surface area contributed by atoms with Crippen LogP contribution >= 0.6 is 15.9 Å². The van der Waals surface area contributed by atoms with Gasteiger partial charge in [-0.15, -0.1) is 0 Å². The average molecular weight is 536 g/mol. The summed E-state index contributed by atoms with van der Waals surface area (Å²) in [6.45, 7) is 0. The number of para-hydroxylation sites is 1. The number of fused-ring (bicyclic) bond motifs is 9. The molecule has 0 aliphatic rings. The van der Waals surface area contributed by atoms with Gasteiger partial charge < -0.3 is 8.82 Å². The molecule has 37 heavy (non-hydrogen) atoms. The Labute approximate surface area is 219 Å². The van der Waals surface area contributed by atoms with Crippen LogP contribution in [0.25, 0.3) is 81.9 Å². The Morgan fingerprint density at radius 1 is 0.541 bits per heavy atom. The molecule has 0 amide bonds. The molecule has 0 saturated carbocycles. The van der Waals surface area contributed by atoms with Crippen molar-refractivity contribution >= 4 is 86.7 Å². The number of pyridine rings is 1. The minimum absolute atomic E-state index is 0.909. The topological polar surface area (TPSA) is 17.6 Å². The summed E-state index contributed by atoms with van der Waals surface area (Å²) in [5.41, 5.74) is 7.97. The normalized spacial score (nSPS) is 12.5. The summed E-state index contributed by atoms with van der Waals surface area (Å²) in [6.07, 6.45) is 0. The van der Waals surface area contributed by atoms with Gasteiger partial charge in [-0.2, -0.15) is 0 Å². The van der Waals surface area contributed by atoms with Crippen LogP contribution < -0.4 is 0 Å². The van der Waals surface area contributed by atoms with Crippen molar-refractivity contribution in [1.82, 2.24) is 4.40 Å². The van der Waals surface area contributed by atoms with E-state index in [0.29, 0.717) is 0 Å². The first kappa shape index (κ1) is 19.8. The number of hydrogen-bond donors (Lipinski definition) is 0. The second-order valence-corrected chi connectivity index (χ2v) is 10.8. The zero-order chi connectivity index (χ0) is 24.2. The van der Waals surface area contributed by atoms with Crippen molar-refractivity contribution < 1.29 is 4.42 Å². The van der Waals surface area contributed by atoms with Crippen LogP contribution in [0, 0.1) is 0 Å². The first-order valence-corrected chi connectivity index (χ1v) is 13.3. The zero-order valence-corrected chi connectivity index (χ0v) is 21.2. The molecule has 0 aliphatic heterocycles. The molecule has 0 N–H and O–H groups in total. The van der Waals surface area contributed by atoms with Crippen LogP contribution in [0.2, 0.25) is 0 Å². The van der Waals surface area contributed by atoms with Gasteiger partial charge in [-0.25, -0.2) is 0 Å². The van der Waals surface area contributed by atoms with Crippen LogP contribution in [-0.4, -0.2) is 4.40 Å². The maximum atomic E-state index is 6.28. The summed E-state index contributed by atoms with van der Waals surface area (Å²) >= 11 is 3.60. The first-order chi connectivity index (χ1) is 18.3. The summed E-state index contributed by atoms with van der Waals surface area (Å²) in [7, 11) is 0. The van der Waals surface area contributed by atoms with Crippen molar-refractivity contribution in [3.63, 3.8) is 0 Å². The number of hydrogen-bond acceptors (Lipinski definition) is 1. The van der Waals surface area contributed by atoms with E-state index in [-0.39, 0.29) is 0 Å². The SMILES string of the molecule is Brc1ccc2oc3cc(-c4cccc5c4c4ccc6cccc7c8ccccc8n5c4c67)ccc3c2c1. The van der Waals surface area contributed by atoms with Gasteiger partial charge >= 0.3 is 0 Å². The van der Waals surface area contributed by atoms with E-state index >= 15 is 0 Å². The van der Waals surface area contributed by atoms with Crippen LogP contribution in [0.15, 0.2) is 118 Å². The molecule has 172 valence electrons. The van der Waals surface area contributed by atoms with Crippen LogP contribution in [0.5, 0.6) is 0 Å². The predicted octanol–water partition coefficient (Wildman–Crippen LogP) is 10.3. The van der Waals surface area contributed by atoms with Crippen LogP contribution in [-0.2, 0) is 0 Å². The molecule has 0 atom stereocenters. The summed E-state index contributed by atoms with van der Waals surface area (Å²) in [6, 6.07) is 39.5. The zero-order valence-electron chi connectivity index (χ0n) is 19.6. The van der Waals surface area contributed by atoms with Crippen LogP contribution in [0.3, 0.4) is 0 Å². The molecule has 3 aromatic heterocycles. The number of rotatable bonds is 1. The molecular weight excluding hydrogens is 518 g/mol. The highest BCUT2D eigenvalue weighted by atomic mass is 79.9. The quantitative estimate of drug-likeness (QED) is 0.151. The van der Waals surface area contributed by atoms with Gasteiger partial charge in [0.2, 0.25) is 0 Å². The number of aromatic nitrogens is 1. The van der Waals surface area contributed by atoms with E-state index in [9.17, 15) is 0 Å². The summed E-state index contributed by atoms with van der Waals surface area (Å²) in [4.78, 5) is 0. The van der Waals surface area contributed by atoms with E-state index in [2.05, 4.69) is 117 Å². The van der Waals surface area contributed by atoms with Crippen molar-refractivity contribution in [3.8, 4) is 11.1 Å². The lowest BCUT2D eigenvalue weighted by atomic mass is 9.96. The Bertz CT molecular complexity index is 2360. The maximum Gasteiger partial charge on any atom is 0.136 e. The lowest BCUT2D eigenvalue weighted by molar-refractivity contribution is 0.669. The van der Waals surface area contributed by atoms with E-state index < -0.39 is 0 Å². The highest BCUT2D eigenvalue weighted by molar-refractivity contribution is 9.10. The fourth-order valence-corrected chi connectivity index (χ4v) is 6.81. The molecular formula is C34H18BrNO. The lowest BCUT2D eigenvalue weighted by Gasteiger charge is -2.12. The molecule has 9 aromatic rings. The third-order valence-corrected chi connectivity index (χ3v) is 8.47. The molecule has 0 saturated heterocycles. The van der Waals surface area contributed by atoms with Crippen LogP contribution in [0.4, 0.5) is 0 Å². The van der Waals surface area contributed by atoms with E-state index in [1.54, 1.807) is 0 Å². The second-order valence-electron chi connectivity index (χ2n) is 9.87. The number of halogens is 1. The van der Waals surface area contributed by atoms with Gasteiger partial charge in [0.25, 0.3) is 0 Å². The van der Waals surface area contributed by atoms with Gasteiger partial charge in [0.1, 0.15) is 11.2 Å². The van der Waals surface area contributed by atoms with E-state index in [4.69, 9.17) is 4.42 Å². The number of nitrogens with zero attached hydrogens (tertiary/aromatic N) is 1. The minimum Gasteiger partial charge on any atom is -0.456 e. The standard InChI is InChI=1S/C34H18BrNO/c35-21-13-16-30-27(18-21)24-14-12-20(17-31(24)37-30)22-7-4-10-29-33(22)26-15-11-19-5-3-8-25-23-6-1-2-9-28(23)36(29)34(26)32(19)25/h1-18H. The summed E-state index contributed by atoms with van der Waals surface area (Å²) in [5.74, 6) is 0. The maximum absolute atomic E-state index is 6.28. The Morgan fingerprint density at radius 3 is 2.35 bits per heavy atom. The number of benzene rings is 6. The third kappa shape index (κ3) is 2.49.